The number of nitrogen functional groups attached to an aromatic ring is 1. The van der Waals surface area contributed by atoms with Gasteiger partial charge in [-0.15, -0.1) is 10.2 Å². The molecular formula is C40H34N8O10S2. The molecule has 20 heteroatoms. The second-order valence-corrected chi connectivity index (χ2v) is 16.3. The third kappa shape index (κ3) is 9.37. The summed E-state index contributed by atoms with van der Waals surface area (Å²) in [5.74, 6) is -2.49. The maximum Gasteiger partial charge on any atom is 0.338 e. The molecule has 0 aliphatic heterocycles. The van der Waals surface area contributed by atoms with Crippen molar-refractivity contribution in [3.05, 3.63) is 124 Å². The Morgan fingerprint density at radius 3 is 1.58 bits per heavy atom. The summed E-state index contributed by atoms with van der Waals surface area (Å²) in [7, 11) is -9.57. The number of amides is 1. The minimum absolute atomic E-state index is 0.133. The van der Waals surface area contributed by atoms with E-state index in [9.17, 15) is 45.7 Å². The van der Waals surface area contributed by atoms with Gasteiger partial charge in [-0.3, -0.25) is 13.9 Å². The third-order valence-corrected chi connectivity index (χ3v) is 10.8. The summed E-state index contributed by atoms with van der Waals surface area (Å²) in [6, 6.07) is 21.3. The van der Waals surface area contributed by atoms with Crippen molar-refractivity contribution in [2.45, 2.75) is 37.5 Å². The highest BCUT2D eigenvalue weighted by Gasteiger charge is 2.23. The number of carboxylic acid groups (broad SMARTS) is 1. The molecule has 0 fully saturated rings. The van der Waals surface area contributed by atoms with Crippen molar-refractivity contribution >= 4 is 88.4 Å². The van der Waals surface area contributed by atoms with E-state index in [0.717, 1.165) is 24.3 Å². The Bertz CT molecular complexity index is 3080. The van der Waals surface area contributed by atoms with Gasteiger partial charge in [-0.2, -0.15) is 37.3 Å². The van der Waals surface area contributed by atoms with Gasteiger partial charge in [0.1, 0.15) is 16.3 Å². The van der Waals surface area contributed by atoms with Crippen LogP contribution in [0, 0.1) is 27.7 Å². The zero-order chi connectivity index (χ0) is 43.7. The average Bonchev–Trinajstić information content (AvgIpc) is 3.17. The number of nitrogens with two attached hydrogens (primary N) is 1. The fourth-order valence-electron chi connectivity index (χ4n) is 5.82. The molecule has 0 spiro atoms. The van der Waals surface area contributed by atoms with E-state index in [1.807, 2.05) is 0 Å². The van der Waals surface area contributed by atoms with Crippen molar-refractivity contribution in [3.8, 4) is 5.75 Å². The van der Waals surface area contributed by atoms with Crippen LogP contribution < -0.4 is 11.1 Å². The van der Waals surface area contributed by atoms with E-state index < -0.39 is 58.9 Å². The number of hydrogen-bond acceptors (Lipinski definition) is 14. The molecule has 0 heterocycles. The van der Waals surface area contributed by atoms with Gasteiger partial charge in [0.15, 0.2) is 5.75 Å². The lowest BCUT2D eigenvalue weighted by atomic mass is 10.1. The molecule has 1 amide bonds. The quantitative estimate of drug-likeness (QED) is 0.0405. The zero-order valence-electron chi connectivity index (χ0n) is 32.0. The van der Waals surface area contributed by atoms with Crippen LogP contribution in [0.1, 0.15) is 43.0 Å². The highest BCUT2D eigenvalue weighted by molar-refractivity contribution is 7.86. The van der Waals surface area contributed by atoms with E-state index in [-0.39, 0.29) is 22.1 Å². The number of aromatic hydroxyl groups is 1. The molecule has 0 unspecified atom stereocenters. The highest BCUT2D eigenvalue weighted by Crippen LogP contribution is 2.43. The Morgan fingerprint density at radius 2 is 1.10 bits per heavy atom. The zero-order valence-corrected chi connectivity index (χ0v) is 33.6. The third-order valence-electron chi connectivity index (χ3n) is 9.07. The summed E-state index contributed by atoms with van der Waals surface area (Å²) >= 11 is 0. The second kappa shape index (κ2) is 16.5. The number of phenolic OH excluding ortho intramolecular Hbond substituents is 1. The molecule has 0 aliphatic rings. The first kappa shape index (κ1) is 42.3. The van der Waals surface area contributed by atoms with Gasteiger partial charge >= 0.3 is 5.97 Å². The number of phenols is 1. The monoisotopic (exact) mass is 850 g/mol. The van der Waals surface area contributed by atoms with Crippen LogP contribution in [0.25, 0.3) is 10.8 Å². The van der Waals surface area contributed by atoms with E-state index in [2.05, 4.69) is 36.0 Å². The van der Waals surface area contributed by atoms with Gasteiger partial charge in [0, 0.05) is 22.3 Å². The molecule has 0 atom stereocenters. The number of benzene rings is 6. The topological polar surface area (TPSA) is 296 Å². The minimum Gasteiger partial charge on any atom is -0.505 e. The minimum atomic E-state index is -4.93. The lowest BCUT2D eigenvalue weighted by molar-refractivity contribution is 0.0697. The van der Waals surface area contributed by atoms with Gasteiger partial charge in [-0.05, 0) is 146 Å². The molecule has 0 saturated heterocycles. The van der Waals surface area contributed by atoms with Gasteiger partial charge in [0.25, 0.3) is 26.1 Å². The molecule has 0 saturated carbocycles. The predicted octanol–water partition coefficient (Wildman–Crippen LogP) is 10.1. The van der Waals surface area contributed by atoms with Crippen LogP contribution in [-0.2, 0) is 20.2 Å². The van der Waals surface area contributed by atoms with Crippen molar-refractivity contribution in [3.63, 3.8) is 0 Å². The molecule has 60 heavy (non-hydrogen) atoms. The molecule has 0 bridgehead atoms. The van der Waals surface area contributed by atoms with Crippen LogP contribution in [0.3, 0.4) is 0 Å². The van der Waals surface area contributed by atoms with E-state index in [4.69, 9.17) is 5.73 Å². The van der Waals surface area contributed by atoms with Crippen molar-refractivity contribution in [2.24, 2.45) is 30.7 Å². The number of hydrogen-bond donors (Lipinski definition) is 6. The molecule has 6 aromatic carbocycles. The molecule has 18 nitrogen and oxygen atoms in total. The van der Waals surface area contributed by atoms with Crippen molar-refractivity contribution < 1.29 is 45.7 Å². The number of carbonyl (C=O) groups is 2. The van der Waals surface area contributed by atoms with Crippen molar-refractivity contribution in [1.82, 2.24) is 0 Å². The number of anilines is 2. The van der Waals surface area contributed by atoms with Crippen LogP contribution in [-0.4, -0.2) is 48.0 Å². The SMILES string of the molecule is Cc1cc(N=Nc2ccc(S(=O)(=O)O)cc2C(=O)O)c(C)cc1N=Nc1cc(C)c(N=Nc2c(S(=O)(=O)O)cc3cc(NC(=O)c4ccc(N)cc4)ccc3c2O)cc1C. The number of fused-ring (bicyclic) bond motifs is 1. The van der Waals surface area contributed by atoms with Crippen LogP contribution in [0.5, 0.6) is 5.75 Å². The first-order valence-electron chi connectivity index (χ1n) is 17.5. The molecule has 0 aromatic heterocycles. The fourth-order valence-corrected chi connectivity index (χ4v) is 6.98. The average molecular weight is 851 g/mol. The van der Waals surface area contributed by atoms with Gasteiger partial charge in [0.2, 0.25) is 0 Å². The first-order valence-corrected chi connectivity index (χ1v) is 20.3. The van der Waals surface area contributed by atoms with Gasteiger partial charge in [-0.25, -0.2) is 4.79 Å². The van der Waals surface area contributed by atoms with Crippen LogP contribution in [0.4, 0.5) is 45.5 Å². The van der Waals surface area contributed by atoms with Gasteiger partial charge in [-0.1, -0.05) is 0 Å². The highest BCUT2D eigenvalue weighted by atomic mass is 32.2. The Labute approximate surface area is 342 Å². The lowest BCUT2D eigenvalue weighted by Gasteiger charge is -2.11. The standard InChI is InChI=1S/C40H34N8O10S2/c1-20-14-33(21(2)13-32(20)44-43-31-12-10-28(59(53,54)55)19-30(31)40(51)52)45-46-34-15-23(4)35(16-22(34)3)47-48-37-36(60(56,57)58)18-25-17-27(9-11-29(25)38(37)49)42-39(50)24-5-7-26(41)8-6-24/h5-19,49H,41H2,1-4H3,(H,42,50)(H,51,52)(H,53,54,55)(H,56,57,58). The Balaban J connectivity index is 1.24. The largest absolute Gasteiger partial charge is 0.505 e. The number of carbonyl (C=O) groups excluding carboxylic acids is 1. The van der Waals surface area contributed by atoms with E-state index >= 15 is 0 Å². The number of nitrogens with zero attached hydrogens (tertiary/aromatic N) is 6. The number of aromatic carboxylic acids is 1. The maximum absolute atomic E-state index is 12.7. The molecule has 306 valence electrons. The van der Waals surface area contributed by atoms with Crippen LogP contribution in [0.15, 0.2) is 131 Å². The number of carboxylic acids is 1. The van der Waals surface area contributed by atoms with Crippen LogP contribution >= 0.6 is 0 Å². The lowest BCUT2D eigenvalue weighted by Crippen LogP contribution is -2.11. The molecule has 6 aromatic rings. The summed E-state index contributed by atoms with van der Waals surface area (Å²) < 4.78 is 67.3. The number of azo groups is 3. The summed E-state index contributed by atoms with van der Waals surface area (Å²) in [5.41, 5.74) is 9.72. The predicted molar refractivity (Wildman–Crippen MR) is 222 cm³/mol. The van der Waals surface area contributed by atoms with Gasteiger partial charge < -0.3 is 21.3 Å². The Morgan fingerprint density at radius 1 is 0.600 bits per heavy atom. The number of rotatable bonds is 11. The van der Waals surface area contributed by atoms with E-state index in [1.165, 1.54) is 18.2 Å². The smallest absolute Gasteiger partial charge is 0.338 e. The Kier molecular flexibility index (Phi) is 11.7. The van der Waals surface area contributed by atoms with Crippen LogP contribution in [0.2, 0.25) is 0 Å². The van der Waals surface area contributed by atoms with Crippen molar-refractivity contribution in [1.29, 1.82) is 0 Å². The molecular weight excluding hydrogens is 817 g/mol. The Hall–Kier alpha value is -7.26. The number of aryl methyl sites for hydroxylation is 4. The van der Waals surface area contributed by atoms with Crippen molar-refractivity contribution in [2.75, 3.05) is 11.1 Å². The summed E-state index contributed by atoms with van der Waals surface area (Å²) in [4.78, 5) is 23.2. The normalized spacial score (nSPS) is 12.2. The van der Waals surface area contributed by atoms with Gasteiger partial charge in [0.05, 0.1) is 33.2 Å². The first-order chi connectivity index (χ1) is 28.2. The molecule has 7 N–H and O–H groups in total. The molecule has 0 radical (unpaired) electrons. The molecule has 6 rings (SSSR count). The maximum atomic E-state index is 12.7. The second-order valence-electron chi connectivity index (χ2n) is 13.5. The number of nitrogens with one attached hydrogen (secondary N) is 1. The molecule has 0 aliphatic carbocycles. The summed E-state index contributed by atoms with van der Waals surface area (Å²) in [6.45, 7) is 6.92. The van der Waals surface area contributed by atoms with E-state index in [0.29, 0.717) is 56.3 Å². The fraction of sp³-hybridized carbons (Fsp3) is 0.100. The van der Waals surface area contributed by atoms with E-state index in [1.54, 1.807) is 76.2 Å². The summed E-state index contributed by atoms with van der Waals surface area (Å²) in [6.07, 6.45) is 0. The summed E-state index contributed by atoms with van der Waals surface area (Å²) in [5, 5.41) is 49.0.